The number of benzene rings is 1. The van der Waals surface area contributed by atoms with Crippen LogP contribution in [0.15, 0.2) is 35.1 Å². The third-order valence-corrected chi connectivity index (χ3v) is 3.55. The van der Waals surface area contributed by atoms with Crippen molar-refractivity contribution in [2.45, 2.75) is 39.7 Å². The van der Waals surface area contributed by atoms with Crippen molar-refractivity contribution in [3.63, 3.8) is 0 Å². The number of aromatic nitrogens is 2. The SMILES string of the molecule is CCc1nc(Cl)cc(=O)n1Cc1ccc(C(C)C)cc1. The van der Waals surface area contributed by atoms with E-state index in [2.05, 4.69) is 43.1 Å². The highest BCUT2D eigenvalue weighted by Crippen LogP contribution is 2.15. The molecule has 0 saturated carbocycles. The fourth-order valence-electron chi connectivity index (χ4n) is 2.15. The van der Waals surface area contributed by atoms with Crippen molar-refractivity contribution in [2.75, 3.05) is 0 Å². The molecule has 0 amide bonds. The predicted molar refractivity (Wildman–Crippen MR) is 82.5 cm³/mol. The molecule has 1 aromatic heterocycles. The Kier molecular flexibility index (Phi) is 4.61. The van der Waals surface area contributed by atoms with Gasteiger partial charge in [-0.15, -0.1) is 0 Å². The van der Waals surface area contributed by atoms with Crippen LogP contribution in [0.25, 0.3) is 0 Å². The largest absolute Gasteiger partial charge is 0.292 e. The molecular weight excluding hydrogens is 272 g/mol. The van der Waals surface area contributed by atoms with Gasteiger partial charge in [-0.3, -0.25) is 9.36 Å². The molecule has 0 bridgehead atoms. The molecule has 2 aromatic rings. The fourth-order valence-corrected chi connectivity index (χ4v) is 2.34. The molecule has 4 heteroatoms. The molecule has 0 atom stereocenters. The van der Waals surface area contributed by atoms with E-state index in [1.165, 1.54) is 11.6 Å². The number of aryl methyl sites for hydroxylation is 1. The molecule has 0 aliphatic carbocycles. The summed E-state index contributed by atoms with van der Waals surface area (Å²) in [7, 11) is 0. The zero-order valence-corrected chi connectivity index (χ0v) is 12.8. The van der Waals surface area contributed by atoms with Crippen LogP contribution in [0.4, 0.5) is 0 Å². The average Bonchev–Trinajstić information content (AvgIpc) is 2.42. The van der Waals surface area contributed by atoms with Gasteiger partial charge < -0.3 is 0 Å². The lowest BCUT2D eigenvalue weighted by atomic mass is 10.0. The maximum absolute atomic E-state index is 12.0. The van der Waals surface area contributed by atoms with Crippen LogP contribution in [-0.2, 0) is 13.0 Å². The Bertz CT molecular complexity index is 645. The number of hydrogen-bond acceptors (Lipinski definition) is 2. The average molecular weight is 291 g/mol. The number of nitrogens with zero attached hydrogens (tertiary/aromatic N) is 2. The van der Waals surface area contributed by atoms with Crippen LogP contribution in [0.3, 0.4) is 0 Å². The zero-order valence-electron chi connectivity index (χ0n) is 12.1. The molecule has 1 aromatic carbocycles. The molecule has 2 rings (SSSR count). The standard InChI is InChI=1S/C16H19ClN2O/c1-4-15-18-14(17)9-16(20)19(15)10-12-5-7-13(8-6-12)11(2)3/h5-9,11H,4,10H2,1-3H3. The van der Waals surface area contributed by atoms with E-state index >= 15 is 0 Å². The Morgan fingerprint density at radius 1 is 1.25 bits per heavy atom. The molecule has 0 saturated heterocycles. The number of rotatable bonds is 4. The molecule has 0 aliphatic rings. The molecule has 106 valence electrons. The summed E-state index contributed by atoms with van der Waals surface area (Å²) in [5.41, 5.74) is 2.29. The van der Waals surface area contributed by atoms with E-state index in [9.17, 15) is 4.79 Å². The van der Waals surface area contributed by atoms with Gasteiger partial charge in [-0.25, -0.2) is 4.98 Å². The van der Waals surface area contributed by atoms with Crippen molar-refractivity contribution in [3.8, 4) is 0 Å². The Morgan fingerprint density at radius 3 is 2.45 bits per heavy atom. The normalized spacial score (nSPS) is 11.1. The number of hydrogen-bond donors (Lipinski definition) is 0. The zero-order chi connectivity index (χ0) is 14.7. The molecule has 0 N–H and O–H groups in total. The smallest absolute Gasteiger partial charge is 0.255 e. The second-order valence-corrected chi connectivity index (χ2v) is 5.56. The van der Waals surface area contributed by atoms with Gasteiger partial charge in [0, 0.05) is 12.5 Å². The number of halogens is 1. The summed E-state index contributed by atoms with van der Waals surface area (Å²) in [6.07, 6.45) is 0.680. The maximum atomic E-state index is 12.0. The van der Waals surface area contributed by atoms with Gasteiger partial charge in [-0.2, -0.15) is 0 Å². The summed E-state index contributed by atoms with van der Waals surface area (Å²) < 4.78 is 1.68. The lowest BCUT2D eigenvalue weighted by molar-refractivity contribution is 0.674. The van der Waals surface area contributed by atoms with E-state index in [0.717, 1.165) is 11.4 Å². The quantitative estimate of drug-likeness (QED) is 0.806. The molecule has 0 spiro atoms. The van der Waals surface area contributed by atoms with Gasteiger partial charge >= 0.3 is 0 Å². The highest BCUT2D eigenvalue weighted by molar-refractivity contribution is 6.29. The highest BCUT2D eigenvalue weighted by atomic mass is 35.5. The van der Waals surface area contributed by atoms with Crippen molar-refractivity contribution < 1.29 is 0 Å². The Morgan fingerprint density at radius 2 is 1.90 bits per heavy atom. The van der Waals surface area contributed by atoms with Crippen LogP contribution in [0.5, 0.6) is 0 Å². The third kappa shape index (κ3) is 3.28. The molecule has 1 heterocycles. The van der Waals surface area contributed by atoms with Crippen molar-refractivity contribution >= 4 is 11.6 Å². The van der Waals surface area contributed by atoms with Crippen LogP contribution < -0.4 is 5.56 Å². The first-order valence-corrected chi connectivity index (χ1v) is 7.24. The second kappa shape index (κ2) is 6.23. The van der Waals surface area contributed by atoms with Crippen LogP contribution >= 0.6 is 11.6 Å². The van der Waals surface area contributed by atoms with E-state index in [0.29, 0.717) is 18.9 Å². The van der Waals surface area contributed by atoms with Gasteiger partial charge in [0.05, 0.1) is 6.54 Å². The van der Waals surface area contributed by atoms with Gasteiger partial charge in [0.15, 0.2) is 0 Å². The molecule has 3 nitrogen and oxygen atoms in total. The summed E-state index contributed by atoms with van der Waals surface area (Å²) in [4.78, 5) is 16.3. The topological polar surface area (TPSA) is 34.9 Å². The lowest BCUT2D eigenvalue weighted by Gasteiger charge is -2.12. The van der Waals surface area contributed by atoms with E-state index in [4.69, 9.17) is 11.6 Å². The molecule has 0 aliphatic heterocycles. The van der Waals surface area contributed by atoms with Gasteiger partial charge in [0.2, 0.25) is 0 Å². The Labute approximate surface area is 124 Å². The summed E-state index contributed by atoms with van der Waals surface area (Å²) in [5, 5.41) is 0.262. The van der Waals surface area contributed by atoms with Crippen LogP contribution in [-0.4, -0.2) is 9.55 Å². The lowest BCUT2D eigenvalue weighted by Crippen LogP contribution is -2.24. The Balaban J connectivity index is 2.32. The third-order valence-electron chi connectivity index (χ3n) is 3.36. The van der Waals surface area contributed by atoms with Gasteiger partial charge in [0.1, 0.15) is 11.0 Å². The summed E-state index contributed by atoms with van der Waals surface area (Å²) in [5.74, 6) is 1.23. The molecule has 20 heavy (non-hydrogen) atoms. The predicted octanol–water partition coefficient (Wildman–Crippen LogP) is 3.63. The van der Waals surface area contributed by atoms with Crippen molar-refractivity contribution in [1.29, 1.82) is 0 Å². The van der Waals surface area contributed by atoms with Gasteiger partial charge in [-0.1, -0.05) is 56.6 Å². The monoisotopic (exact) mass is 290 g/mol. The molecular formula is C16H19ClN2O. The summed E-state index contributed by atoms with van der Waals surface area (Å²) in [6.45, 7) is 6.83. The second-order valence-electron chi connectivity index (χ2n) is 5.17. The van der Waals surface area contributed by atoms with Crippen LogP contribution in [0.1, 0.15) is 43.6 Å². The maximum Gasteiger partial charge on any atom is 0.255 e. The molecule has 0 unspecified atom stereocenters. The van der Waals surface area contributed by atoms with Crippen molar-refractivity contribution in [1.82, 2.24) is 9.55 Å². The Hall–Kier alpha value is -1.61. The van der Waals surface area contributed by atoms with Crippen molar-refractivity contribution in [2.24, 2.45) is 0 Å². The first kappa shape index (κ1) is 14.8. The van der Waals surface area contributed by atoms with Crippen LogP contribution in [0.2, 0.25) is 5.15 Å². The van der Waals surface area contributed by atoms with E-state index in [1.54, 1.807) is 4.57 Å². The van der Waals surface area contributed by atoms with Crippen molar-refractivity contribution in [3.05, 3.63) is 62.8 Å². The van der Waals surface area contributed by atoms with E-state index < -0.39 is 0 Å². The van der Waals surface area contributed by atoms with Gasteiger partial charge in [-0.05, 0) is 17.0 Å². The first-order chi connectivity index (χ1) is 9.51. The van der Waals surface area contributed by atoms with Crippen LogP contribution in [0, 0.1) is 0 Å². The highest BCUT2D eigenvalue weighted by Gasteiger charge is 2.07. The minimum atomic E-state index is -0.102. The van der Waals surface area contributed by atoms with E-state index in [1.807, 2.05) is 6.92 Å². The fraction of sp³-hybridized carbons (Fsp3) is 0.375. The van der Waals surface area contributed by atoms with Gasteiger partial charge in [0.25, 0.3) is 5.56 Å². The summed E-state index contributed by atoms with van der Waals surface area (Å²) >= 11 is 5.84. The molecule has 0 fully saturated rings. The first-order valence-electron chi connectivity index (χ1n) is 6.86. The molecule has 0 radical (unpaired) electrons. The minimum absolute atomic E-state index is 0.102. The minimum Gasteiger partial charge on any atom is -0.292 e. The summed E-state index contributed by atoms with van der Waals surface area (Å²) in [6, 6.07) is 9.72. The van der Waals surface area contributed by atoms with E-state index in [-0.39, 0.29) is 10.7 Å².